The number of H-pyrrole nitrogens is 1. The third kappa shape index (κ3) is 4.35. The highest BCUT2D eigenvalue weighted by molar-refractivity contribution is 6.38. The van der Waals surface area contributed by atoms with Gasteiger partial charge in [-0.15, -0.1) is 0 Å². The van der Waals surface area contributed by atoms with Crippen molar-refractivity contribution in [3.63, 3.8) is 0 Å². The molecule has 2 aliphatic heterocycles. The Labute approximate surface area is 220 Å². The molecule has 3 fully saturated rings. The van der Waals surface area contributed by atoms with Crippen LogP contribution < -0.4 is 15.4 Å². The molecule has 1 aromatic heterocycles. The van der Waals surface area contributed by atoms with Crippen molar-refractivity contribution in [3.8, 4) is 5.75 Å². The summed E-state index contributed by atoms with van der Waals surface area (Å²) in [7, 11) is 1.56. The summed E-state index contributed by atoms with van der Waals surface area (Å²) in [6, 6.07) is 5.30. The van der Waals surface area contributed by atoms with Crippen LogP contribution in [0.15, 0.2) is 24.3 Å². The lowest BCUT2D eigenvalue weighted by Gasteiger charge is -2.32. The van der Waals surface area contributed by atoms with E-state index in [4.69, 9.17) is 4.74 Å². The van der Waals surface area contributed by atoms with Crippen LogP contribution in [0.2, 0.25) is 0 Å². The van der Waals surface area contributed by atoms with Gasteiger partial charge in [0.05, 0.1) is 13.2 Å². The van der Waals surface area contributed by atoms with Crippen molar-refractivity contribution >= 4 is 40.2 Å². The first-order valence-electron chi connectivity index (χ1n) is 13.1. The van der Waals surface area contributed by atoms with Crippen molar-refractivity contribution in [2.45, 2.75) is 52.1 Å². The van der Waals surface area contributed by atoms with Gasteiger partial charge in [0, 0.05) is 36.8 Å². The number of nitrogens with zero attached hydrogens (tertiary/aromatic N) is 1. The van der Waals surface area contributed by atoms with Gasteiger partial charge >= 0.3 is 0 Å². The summed E-state index contributed by atoms with van der Waals surface area (Å²) < 4.78 is 5.42. The van der Waals surface area contributed by atoms with E-state index in [1.165, 1.54) is 0 Å². The van der Waals surface area contributed by atoms with Crippen LogP contribution in [0, 0.1) is 23.2 Å². The molecule has 3 amide bonds. The Bertz CT molecular complexity index is 1330. The number of rotatable bonds is 8. The molecule has 0 bridgehead atoms. The number of fused-ring (bicyclic) bond motifs is 2. The first-order valence-corrected chi connectivity index (χ1v) is 13.1. The van der Waals surface area contributed by atoms with Gasteiger partial charge in [-0.2, -0.15) is 0 Å². The summed E-state index contributed by atoms with van der Waals surface area (Å²) in [6.45, 7) is 6.30. The molecule has 202 valence electrons. The van der Waals surface area contributed by atoms with Crippen LogP contribution in [-0.4, -0.2) is 71.5 Å². The summed E-state index contributed by atoms with van der Waals surface area (Å²) in [5, 5.41) is 6.32. The minimum Gasteiger partial charge on any atom is -0.496 e. The molecule has 2 aromatic rings. The Balaban J connectivity index is 1.40. The number of Topliss-reactive ketones (excluding diaryl/α,β-unsaturated/α-hetero) is 2. The average molecular weight is 523 g/mol. The van der Waals surface area contributed by atoms with Crippen LogP contribution in [-0.2, 0) is 19.2 Å². The monoisotopic (exact) mass is 522 g/mol. The maximum atomic E-state index is 13.8. The molecule has 1 aromatic carbocycles. The molecule has 1 saturated carbocycles. The van der Waals surface area contributed by atoms with Gasteiger partial charge in [0.1, 0.15) is 17.5 Å². The van der Waals surface area contributed by atoms with Gasteiger partial charge in [-0.25, -0.2) is 0 Å². The molecule has 10 nitrogen and oxygen atoms in total. The van der Waals surface area contributed by atoms with E-state index in [0.29, 0.717) is 31.0 Å². The number of piperidine rings is 2. The van der Waals surface area contributed by atoms with Crippen molar-refractivity contribution in [1.29, 1.82) is 0 Å². The topological polar surface area (TPSA) is 138 Å². The van der Waals surface area contributed by atoms with Crippen molar-refractivity contribution in [1.82, 2.24) is 20.5 Å². The Hall–Kier alpha value is -3.69. The molecule has 38 heavy (non-hydrogen) atoms. The molecule has 2 saturated heterocycles. The standard InChI is InChI=1S/C28H34N4O6/c1-14(33)24(34)19(11-15-7-6-10-29-25(15)35)31-26(36)23-22-17(28(22,2)3)13-32(23)27(37)20-12-16-18(30-20)8-5-9-21(16)38-4/h5,8-9,12,15,17,19,22-23,30H,6-7,10-11,13H2,1-4H3,(H,29,35)(H,31,36). The largest absolute Gasteiger partial charge is 0.496 e. The van der Waals surface area contributed by atoms with E-state index in [2.05, 4.69) is 29.5 Å². The van der Waals surface area contributed by atoms with E-state index >= 15 is 0 Å². The van der Waals surface area contributed by atoms with Crippen LogP contribution in [0.4, 0.5) is 0 Å². The second-order valence-corrected chi connectivity index (χ2v) is 11.3. The summed E-state index contributed by atoms with van der Waals surface area (Å²) in [5.41, 5.74) is 0.958. The number of likely N-dealkylation sites (tertiary alicyclic amines) is 1. The molecule has 0 radical (unpaired) electrons. The van der Waals surface area contributed by atoms with Gasteiger partial charge in [-0.05, 0) is 54.7 Å². The highest BCUT2D eigenvalue weighted by Gasteiger charge is 2.69. The molecule has 3 N–H and O–H groups in total. The predicted molar refractivity (Wildman–Crippen MR) is 138 cm³/mol. The normalized spacial score (nSPS) is 26.3. The van der Waals surface area contributed by atoms with Crippen molar-refractivity contribution in [2.75, 3.05) is 20.2 Å². The zero-order valence-electron chi connectivity index (χ0n) is 22.1. The van der Waals surface area contributed by atoms with E-state index in [0.717, 1.165) is 24.2 Å². The molecule has 1 aliphatic carbocycles. The summed E-state index contributed by atoms with van der Waals surface area (Å²) in [5.74, 6) is -2.14. The van der Waals surface area contributed by atoms with Crippen molar-refractivity contribution < 1.29 is 28.7 Å². The SMILES string of the molecule is COc1cccc2[nH]c(C(=O)N3CC4C(C3C(=O)NC(CC3CCCNC3=O)C(=O)C(C)=O)C4(C)C)cc12. The lowest BCUT2D eigenvalue weighted by atomic mass is 9.89. The number of hydrogen-bond acceptors (Lipinski definition) is 6. The number of hydrogen-bond donors (Lipinski definition) is 3. The number of benzene rings is 1. The minimum absolute atomic E-state index is 0.0515. The van der Waals surface area contributed by atoms with E-state index < -0.39 is 35.5 Å². The number of ether oxygens (including phenoxy) is 1. The molecule has 5 unspecified atom stereocenters. The number of aromatic amines is 1. The van der Waals surface area contributed by atoms with Crippen LogP contribution in [0.25, 0.3) is 10.9 Å². The zero-order chi connectivity index (χ0) is 27.4. The van der Waals surface area contributed by atoms with Gasteiger partial charge in [0.15, 0.2) is 5.78 Å². The fraction of sp³-hybridized carbons (Fsp3) is 0.536. The third-order valence-corrected chi connectivity index (χ3v) is 8.71. The first-order chi connectivity index (χ1) is 18.0. The summed E-state index contributed by atoms with van der Waals surface area (Å²) >= 11 is 0. The molecule has 5 rings (SSSR count). The van der Waals surface area contributed by atoms with E-state index in [1.807, 2.05) is 18.2 Å². The molecule has 10 heteroatoms. The van der Waals surface area contributed by atoms with Gasteiger partial charge < -0.3 is 25.3 Å². The number of carbonyl (C=O) groups is 5. The number of carbonyl (C=O) groups excluding carboxylic acids is 5. The van der Waals surface area contributed by atoms with Crippen LogP contribution in [0.1, 0.15) is 50.5 Å². The van der Waals surface area contributed by atoms with Crippen LogP contribution >= 0.6 is 0 Å². The van der Waals surface area contributed by atoms with Crippen LogP contribution in [0.3, 0.4) is 0 Å². The Morgan fingerprint density at radius 2 is 2.00 bits per heavy atom. The Kier molecular flexibility index (Phi) is 6.53. The lowest BCUT2D eigenvalue weighted by molar-refractivity contribution is -0.139. The molecule has 0 spiro atoms. The maximum absolute atomic E-state index is 13.8. The molecular weight excluding hydrogens is 488 g/mol. The fourth-order valence-corrected chi connectivity index (χ4v) is 6.45. The van der Waals surface area contributed by atoms with Gasteiger partial charge in [0.25, 0.3) is 5.91 Å². The minimum atomic E-state index is -1.12. The number of aromatic nitrogens is 1. The lowest BCUT2D eigenvalue weighted by Crippen LogP contribution is -2.55. The van der Waals surface area contributed by atoms with Crippen molar-refractivity contribution in [3.05, 3.63) is 30.0 Å². The average Bonchev–Trinajstić information content (AvgIpc) is 3.27. The predicted octanol–water partition coefficient (Wildman–Crippen LogP) is 1.83. The van der Waals surface area contributed by atoms with Gasteiger partial charge in [0.2, 0.25) is 17.6 Å². The second-order valence-electron chi connectivity index (χ2n) is 11.3. The number of ketones is 2. The summed E-state index contributed by atoms with van der Waals surface area (Å²) in [6.07, 6.45) is 1.40. The van der Waals surface area contributed by atoms with Gasteiger partial charge in [-0.1, -0.05) is 19.9 Å². The summed E-state index contributed by atoms with van der Waals surface area (Å²) in [4.78, 5) is 69.3. The number of nitrogens with one attached hydrogen (secondary N) is 3. The number of amides is 3. The smallest absolute Gasteiger partial charge is 0.271 e. The number of methoxy groups -OCH3 is 1. The first kappa shape index (κ1) is 25.9. The van der Waals surface area contributed by atoms with Crippen molar-refractivity contribution in [2.24, 2.45) is 23.2 Å². The second kappa shape index (κ2) is 9.56. The fourth-order valence-electron chi connectivity index (χ4n) is 6.45. The van der Waals surface area contributed by atoms with E-state index in [-0.39, 0.29) is 35.5 Å². The molecular formula is C28H34N4O6. The Morgan fingerprint density at radius 1 is 1.24 bits per heavy atom. The molecule has 5 atom stereocenters. The third-order valence-electron chi connectivity index (χ3n) is 8.71. The van der Waals surface area contributed by atoms with Crippen LogP contribution in [0.5, 0.6) is 5.75 Å². The van der Waals surface area contributed by atoms with E-state index in [9.17, 15) is 24.0 Å². The quantitative estimate of drug-likeness (QED) is 0.453. The van der Waals surface area contributed by atoms with Gasteiger partial charge in [-0.3, -0.25) is 24.0 Å². The molecule has 3 aliphatic rings. The maximum Gasteiger partial charge on any atom is 0.271 e. The zero-order valence-corrected chi connectivity index (χ0v) is 22.1. The molecule has 3 heterocycles. The van der Waals surface area contributed by atoms with E-state index in [1.54, 1.807) is 18.1 Å². The Morgan fingerprint density at radius 3 is 2.68 bits per heavy atom. The highest BCUT2D eigenvalue weighted by atomic mass is 16.5. The highest BCUT2D eigenvalue weighted by Crippen LogP contribution is 2.65.